The Bertz CT molecular complexity index is 818. The zero-order valence-electron chi connectivity index (χ0n) is 13.5. The van der Waals surface area contributed by atoms with Crippen LogP contribution < -0.4 is 4.74 Å². The number of halogens is 1. The number of nitrogens with zero attached hydrogens (tertiary/aromatic N) is 2. The van der Waals surface area contributed by atoms with Crippen molar-refractivity contribution in [2.24, 2.45) is 0 Å². The minimum atomic E-state index is 0.261. The van der Waals surface area contributed by atoms with E-state index < -0.39 is 0 Å². The van der Waals surface area contributed by atoms with Crippen LogP contribution in [0.4, 0.5) is 0 Å². The highest BCUT2D eigenvalue weighted by atomic mass is 35.5. The molecule has 0 aliphatic rings. The molecule has 2 aromatic carbocycles. The maximum absolute atomic E-state index is 5.87. The van der Waals surface area contributed by atoms with E-state index in [1.807, 2.05) is 42.5 Å². The maximum Gasteiger partial charge on any atom is 0.277 e. The van der Waals surface area contributed by atoms with Crippen LogP contribution >= 0.6 is 23.4 Å². The molecule has 0 radical (unpaired) electrons. The van der Waals surface area contributed by atoms with Crippen molar-refractivity contribution in [3.8, 4) is 5.75 Å². The molecule has 1 aromatic heterocycles. The first kappa shape index (κ1) is 16.9. The van der Waals surface area contributed by atoms with Crippen LogP contribution in [-0.4, -0.2) is 10.2 Å². The summed E-state index contributed by atoms with van der Waals surface area (Å²) in [7, 11) is 0. The predicted molar refractivity (Wildman–Crippen MR) is 95.6 cm³/mol. The molecular weight excluding hydrogens is 344 g/mol. The standard InChI is InChI=1S/C18H17ClN2O2S/c1-12-3-8-16(9-13(12)2)22-10-17-20-21-18(23-17)24-11-14-4-6-15(19)7-5-14/h3-9H,10-11H2,1-2H3. The Morgan fingerprint density at radius 1 is 1.04 bits per heavy atom. The number of thioether (sulfide) groups is 1. The van der Waals surface area contributed by atoms with Crippen LogP contribution in [0.1, 0.15) is 22.6 Å². The molecule has 24 heavy (non-hydrogen) atoms. The largest absolute Gasteiger partial charge is 0.484 e. The van der Waals surface area contributed by atoms with Gasteiger partial charge in [-0.1, -0.05) is 41.6 Å². The Kier molecular flexibility index (Phi) is 5.43. The lowest BCUT2D eigenvalue weighted by molar-refractivity contribution is 0.252. The first-order chi connectivity index (χ1) is 11.6. The van der Waals surface area contributed by atoms with Crippen molar-refractivity contribution in [1.29, 1.82) is 0 Å². The van der Waals surface area contributed by atoms with Gasteiger partial charge in [0.1, 0.15) is 5.75 Å². The molecule has 0 unspecified atom stereocenters. The van der Waals surface area contributed by atoms with E-state index in [1.165, 1.54) is 22.9 Å². The van der Waals surface area contributed by atoms with Gasteiger partial charge in [-0.15, -0.1) is 10.2 Å². The van der Waals surface area contributed by atoms with Crippen LogP contribution in [0.25, 0.3) is 0 Å². The van der Waals surface area contributed by atoms with Gasteiger partial charge in [0, 0.05) is 10.8 Å². The third-order valence-corrected chi connectivity index (χ3v) is 4.71. The van der Waals surface area contributed by atoms with Gasteiger partial charge in [0.05, 0.1) is 0 Å². The van der Waals surface area contributed by atoms with Crippen molar-refractivity contribution in [3.05, 3.63) is 70.1 Å². The first-order valence-electron chi connectivity index (χ1n) is 7.50. The summed E-state index contributed by atoms with van der Waals surface area (Å²) in [5.74, 6) is 2.01. The summed E-state index contributed by atoms with van der Waals surface area (Å²) in [5.41, 5.74) is 3.58. The number of aromatic nitrogens is 2. The van der Waals surface area contributed by atoms with Gasteiger partial charge in [0.2, 0.25) is 0 Å². The summed E-state index contributed by atoms with van der Waals surface area (Å²) in [6, 6.07) is 13.7. The molecule has 3 aromatic rings. The smallest absolute Gasteiger partial charge is 0.277 e. The molecule has 1 heterocycles. The second-order valence-corrected chi connectivity index (χ2v) is 6.77. The van der Waals surface area contributed by atoms with Crippen molar-refractivity contribution in [2.45, 2.75) is 31.4 Å². The van der Waals surface area contributed by atoms with Gasteiger partial charge in [0.25, 0.3) is 11.1 Å². The lowest BCUT2D eigenvalue weighted by atomic mass is 10.1. The van der Waals surface area contributed by atoms with Crippen molar-refractivity contribution in [3.63, 3.8) is 0 Å². The zero-order valence-corrected chi connectivity index (χ0v) is 15.0. The molecule has 0 saturated carbocycles. The van der Waals surface area contributed by atoms with Crippen LogP contribution in [0, 0.1) is 13.8 Å². The van der Waals surface area contributed by atoms with E-state index in [-0.39, 0.29) is 6.61 Å². The fourth-order valence-corrected chi connectivity index (χ4v) is 2.89. The topological polar surface area (TPSA) is 48.2 Å². The van der Waals surface area contributed by atoms with E-state index in [4.69, 9.17) is 20.8 Å². The lowest BCUT2D eigenvalue weighted by Gasteiger charge is -2.05. The van der Waals surface area contributed by atoms with Gasteiger partial charge in [-0.25, -0.2) is 0 Å². The maximum atomic E-state index is 5.87. The highest BCUT2D eigenvalue weighted by Gasteiger charge is 2.08. The number of benzene rings is 2. The molecule has 0 N–H and O–H groups in total. The fraction of sp³-hybridized carbons (Fsp3) is 0.222. The summed E-state index contributed by atoms with van der Waals surface area (Å²) in [5, 5.41) is 9.31. The monoisotopic (exact) mass is 360 g/mol. The Labute approximate surface area is 150 Å². The molecule has 0 atom stereocenters. The molecule has 0 saturated heterocycles. The van der Waals surface area contributed by atoms with Gasteiger partial charge in [-0.05, 0) is 54.8 Å². The minimum absolute atomic E-state index is 0.261. The molecule has 0 aliphatic carbocycles. The molecule has 0 spiro atoms. The van der Waals surface area contributed by atoms with Crippen molar-refractivity contribution >= 4 is 23.4 Å². The van der Waals surface area contributed by atoms with Crippen molar-refractivity contribution in [1.82, 2.24) is 10.2 Å². The number of hydrogen-bond acceptors (Lipinski definition) is 5. The molecule has 0 fully saturated rings. The quantitative estimate of drug-likeness (QED) is 0.564. The van der Waals surface area contributed by atoms with E-state index in [1.54, 1.807) is 0 Å². The first-order valence-corrected chi connectivity index (χ1v) is 8.86. The Balaban J connectivity index is 1.53. The lowest BCUT2D eigenvalue weighted by Crippen LogP contribution is -1.96. The molecule has 3 rings (SSSR count). The summed E-state index contributed by atoms with van der Waals surface area (Å²) in [4.78, 5) is 0. The summed E-state index contributed by atoms with van der Waals surface area (Å²) in [6.45, 7) is 4.39. The SMILES string of the molecule is Cc1ccc(OCc2nnc(SCc3ccc(Cl)cc3)o2)cc1C. The van der Waals surface area contributed by atoms with E-state index in [2.05, 4.69) is 24.0 Å². The highest BCUT2D eigenvalue weighted by Crippen LogP contribution is 2.23. The third kappa shape index (κ3) is 4.52. The second-order valence-electron chi connectivity index (χ2n) is 5.41. The van der Waals surface area contributed by atoms with E-state index in [0.717, 1.165) is 22.1 Å². The van der Waals surface area contributed by atoms with Crippen molar-refractivity contribution in [2.75, 3.05) is 0 Å². The van der Waals surface area contributed by atoms with Gasteiger partial charge < -0.3 is 9.15 Å². The summed E-state index contributed by atoms with van der Waals surface area (Å²) < 4.78 is 11.3. The normalized spacial score (nSPS) is 10.8. The summed E-state index contributed by atoms with van der Waals surface area (Å²) >= 11 is 7.36. The molecule has 0 amide bonds. The Hall–Kier alpha value is -1.98. The third-order valence-electron chi connectivity index (χ3n) is 3.56. The summed E-state index contributed by atoms with van der Waals surface area (Å²) in [6.07, 6.45) is 0. The van der Waals surface area contributed by atoms with Crippen LogP contribution in [0.5, 0.6) is 5.75 Å². The highest BCUT2D eigenvalue weighted by molar-refractivity contribution is 7.98. The van der Waals surface area contributed by atoms with E-state index in [0.29, 0.717) is 11.1 Å². The fourth-order valence-electron chi connectivity index (χ4n) is 2.03. The van der Waals surface area contributed by atoms with Gasteiger partial charge in [0.15, 0.2) is 6.61 Å². The predicted octanol–water partition coefficient (Wildman–Crippen LogP) is 5.21. The molecule has 4 nitrogen and oxygen atoms in total. The van der Waals surface area contributed by atoms with E-state index in [9.17, 15) is 0 Å². The Morgan fingerprint density at radius 2 is 1.83 bits per heavy atom. The molecular formula is C18H17ClN2O2S. The van der Waals surface area contributed by atoms with E-state index >= 15 is 0 Å². The van der Waals surface area contributed by atoms with Crippen LogP contribution in [0.15, 0.2) is 52.1 Å². The van der Waals surface area contributed by atoms with Gasteiger partial charge >= 0.3 is 0 Å². The minimum Gasteiger partial charge on any atom is -0.484 e. The average Bonchev–Trinajstić information content (AvgIpc) is 3.03. The van der Waals surface area contributed by atoms with Crippen LogP contribution in [0.3, 0.4) is 0 Å². The molecule has 0 bridgehead atoms. The number of aryl methyl sites for hydroxylation is 2. The average molecular weight is 361 g/mol. The molecule has 0 aliphatic heterocycles. The Morgan fingerprint density at radius 3 is 2.58 bits per heavy atom. The van der Waals surface area contributed by atoms with Crippen molar-refractivity contribution < 1.29 is 9.15 Å². The zero-order chi connectivity index (χ0) is 16.9. The number of ether oxygens (including phenoxy) is 1. The second kappa shape index (κ2) is 7.73. The van der Waals surface area contributed by atoms with Gasteiger partial charge in [-0.3, -0.25) is 0 Å². The van der Waals surface area contributed by atoms with Gasteiger partial charge in [-0.2, -0.15) is 0 Å². The number of hydrogen-bond donors (Lipinski definition) is 0. The molecule has 6 heteroatoms. The number of rotatable bonds is 6. The molecule has 124 valence electrons. The van der Waals surface area contributed by atoms with Crippen LogP contribution in [0.2, 0.25) is 5.02 Å². The van der Waals surface area contributed by atoms with Crippen LogP contribution in [-0.2, 0) is 12.4 Å².